The molecule has 0 fully saturated rings. The molecule has 0 aromatic carbocycles. The largest absolute Gasteiger partial charge is 0.373 e. The van der Waals surface area contributed by atoms with E-state index in [4.69, 9.17) is 4.74 Å². The van der Waals surface area contributed by atoms with Crippen molar-refractivity contribution in [3.63, 3.8) is 0 Å². The SMILES string of the molecule is CCCOCc1nc(CCC)c2c(n1)CCNC2. The van der Waals surface area contributed by atoms with Gasteiger partial charge in [-0.25, -0.2) is 9.97 Å². The van der Waals surface area contributed by atoms with Crippen LogP contribution in [0, 0.1) is 0 Å². The topological polar surface area (TPSA) is 47.0 Å². The standard InChI is InChI=1S/C14H23N3O/c1-3-5-12-11-9-15-7-6-13(11)17-14(16-12)10-18-8-4-2/h15H,3-10H2,1-2H3. The van der Waals surface area contributed by atoms with Crippen molar-refractivity contribution in [2.45, 2.75) is 52.7 Å². The predicted molar refractivity (Wildman–Crippen MR) is 71.4 cm³/mol. The van der Waals surface area contributed by atoms with Crippen LogP contribution < -0.4 is 5.32 Å². The van der Waals surface area contributed by atoms with E-state index in [0.717, 1.165) is 51.2 Å². The second-order valence-corrected chi connectivity index (χ2v) is 4.74. The number of hydrogen-bond donors (Lipinski definition) is 1. The van der Waals surface area contributed by atoms with E-state index >= 15 is 0 Å². The van der Waals surface area contributed by atoms with Crippen LogP contribution >= 0.6 is 0 Å². The molecule has 2 heterocycles. The Kier molecular flexibility index (Phi) is 5.08. The quantitative estimate of drug-likeness (QED) is 0.783. The second-order valence-electron chi connectivity index (χ2n) is 4.74. The predicted octanol–water partition coefficient (Wildman–Crippen LogP) is 2.00. The number of aryl methyl sites for hydroxylation is 1. The zero-order valence-electron chi connectivity index (χ0n) is 11.5. The number of ether oxygens (including phenoxy) is 1. The monoisotopic (exact) mass is 249 g/mol. The summed E-state index contributed by atoms with van der Waals surface area (Å²) in [7, 11) is 0. The number of aromatic nitrogens is 2. The summed E-state index contributed by atoms with van der Waals surface area (Å²) in [5.74, 6) is 0.854. The fraction of sp³-hybridized carbons (Fsp3) is 0.714. The minimum atomic E-state index is 0.547. The third kappa shape index (κ3) is 3.27. The van der Waals surface area contributed by atoms with Gasteiger partial charge in [-0.1, -0.05) is 20.3 Å². The lowest BCUT2D eigenvalue weighted by Crippen LogP contribution is -2.27. The first kappa shape index (κ1) is 13.4. The molecule has 0 bridgehead atoms. The number of hydrogen-bond acceptors (Lipinski definition) is 4. The molecule has 1 aromatic heterocycles. The number of rotatable bonds is 6. The van der Waals surface area contributed by atoms with Crippen LogP contribution in [0.15, 0.2) is 0 Å². The number of fused-ring (bicyclic) bond motifs is 1. The summed E-state index contributed by atoms with van der Waals surface area (Å²) in [6.45, 7) is 7.57. The van der Waals surface area contributed by atoms with Crippen LogP contribution in [0.4, 0.5) is 0 Å². The fourth-order valence-corrected chi connectivity index (χ4v) is 2.29. The fourth-order valence-electron chi connectivity index (χ4n) is 2.29. The molecule has 1 aliphatic heterocycles. The number of nitrogens with zero attached hydrogens (tertiary/aromatic N) is 2. The highest BCUT2D eigenvalue weighted by atomic mass is 16.5. The molecule has 1 aliphatic rings. The molecule has 1 aromatic rings. The maximum absolute atomic E-state index is 5.55. The van der Waals surface area contributed by atoms with Gasteiger partial charge in [-0.15, -0.1) is 0 Å². The zero-order chi connectivity index (χ0) is 12.8. The maximum atomic E-state index is 5.55. The van der Waals surface area contributed by atoms with Crippen LogP contribution in [0.2, 0.25) is 0 Å². The summed E-state index contributed by atoms with van der Waals surface area (Å²) in [5.41, 5.74) is 3.76. The van der Waals surface area contributed by atoms with Crippen molar-refractivity contribution >= 4 is 0 Å². The lowest BCUT2D eigenvalue weighted by Gasteiger charge is -2.20. The molecule has 0 amide bonds. The average molecular weight is 249 g/mol. The minimum absolute atomic E-state index is 0.547. The highest BCUT2D eigenvalue weighted by molar-refractivity contribution is 5.28. The molecule has 2 rings (SSSR count). The summed E-state index contributed by atoms with van der Waals surface area (Å²) >= 11 is 0. The first-order valence-corrected chi connectivity index (χ1v) is 7.01. The third-order valence-electron chi connectivity index (χ3n) is 3.13. The van der Waals surface area contributed by atoms with Gasteiger partial charge in [-0.2, -0.15) is 0 Å². The van der Waals surface area contributed by atoms with E-state index < -0.39 is 0 Å². The van der Waals surface area contributed by atoms with Crippen molar-refractivity contribution in [1.29, 1.82) is 0 Å². The van der Waals surface area contributed by atoms with Crippen molar-refractivity contribution in [3.8, 4) is 0 Å². The molecule has 0 unspecified atom stereocenters. The van der Waals surface area contributed by atoms with Gasteiger partial charge in [0.25, 0.3) is 0 Å². The van der Waals surface area contributed by atoms with Crippen molar-refractivity contribution in [1.82, 2.24) is 15.3 Å². The summed E-state index contributed by atoms with van der Waals surface area (Å²) < 4.78 is 5.55. The molecule has 100 valence electrons. The van der Waals surface area contributed by atoms with Crippen molar-refractivity contribution in [2.24, 2.45) is 0 Å². The highest BCUT2D eigenvalue weighted by Crippen LogP contribution is 2.17. The maximum Gasteiger partial charge on any atom is 0.154 e. The Hall–Kier alpha value is -1.00. The van der Waals surface area contributed by atoms with Gasteiger partial charge in [0.05, 0.1) is 5.69 Å². The Morgan fingerprint density at radius 3 is 2.89 bits per heavy atom. The third-order valence-corrected chi connectivity index (χ3v) is 3.13. The van der Waals surface area contributed by atoms with Gasteiger partial charge < -0.3 is 10.1 Å². The summed E-state index contributed by atoms with van der Waals surface area (Å²) in [6, 6.07) is 0. The van der Waals surface area contributed by atoms with E-state index in [2.05, 4.69) is 29.1 Å². The molecular weight excluding hydrogens is 226 g/mol. The summed E-state index contributed by atoms with van der Waals surface area (Å²) in [5, 5.41) is 3.40. The van der Waals surface area contributed by atoms with Crippen LogP contribution in [0.25, 0.3) is 0 Å². The molecule has 0 radical (unpaired) electrons. The highest BCUT2D eigenvalue weighted by Gasteiger charge is 2.16. The second kappa shape index (κ2) is 6.81. The zero-order valence-corrected chi connectivity index (χ0v) is 11.5. The molecule has 0 atom stereocenters. The van der Waals surface area contributed by atoms with Gasteiger partial charge in [0.15, 0.2) is 5.82 Å². The van der Waals surface area contributed by atoms with Crippen molar-refractivity contribution < 1.29 is 4.74 Å². The van der Waals surface area contributed by atoms with Crippen molar-refractivity contribution in [3.05, 3.63) is 22.8 Å². The van der Waals surface area contributed by atoms with Crippen LogP contribution in [-0.2, 0) is 30.7 Å². The molecule has 0 saturated carbocycles. The summed E-state index contributed by atoms with van der Waals surface area (Å²) in [6.07, 6.45) is 4.21. The Labute approximate surface area is 109 Å². The minimum Gasteiger partial charge on any atom is -0.373 e. The Morgan fingerprint density at radius 2 is 2.11 bits per heavy atom. The first-order valence-electron chi connectivity index (χ1n) is 7.01. The molecule has 18 heavy (non-hydrogen) atoms. The van der Waals surface area contributed by atoms with Crippen LogP contribution in [0.1, 0.15) is 49.5 Å². The van der Waals surface area contributed by atoms with Crippen LogP contribution in [0.3, 0.4) is 0 Å². The molecule has 0 aliphatic carbocycles. The van der Waals surface area contributed by atoms with E-state index in [1.807, 2.05) is 0 Å². The van der Waals surface area contributed by atoms with E-state index in [9.17, 15) is 0 Å². The van der Waals surface area contributed by atoms with Crippen molar-refractivity contribution in [2.75, 3.05) is 13.2 Å². The average Bonchev–Trinajstić information content (AvgIpc) is 2.39. The van der Waals surface area contributed by atoms with Crippen LogP contribution in [0.5, 0.6) is 0 Å². The smallest absolute Gasteiger partial charge is 0.154 e. The lowest BCUT2D eigenvalue weighted by molar-refractivity contribution is 0.115. The van der Waals surface area contributed by atoms with Crippen LogP contribution in [-0.4, -0.2) is 23.1 Å². The first-order chi connectivity index (χ1) is 8.85. The van der Waals surface area contributed by atoms with Gasteiger partial charge >= 0.3 is 0 Å². The van der Waals surface area contributed by atoms with Gasteiger partial charge in [0, 0.05) is 37.4 Å². The van der Waals surface area contributed by atoms with E-state index in [0.29, 0.717) is 6.61 Å². The van der Waals surface area contributed by atoms with E-state index in [1.165, 1.54) is 17.0 Å². The molecule has 4 heteroatoms. The number of nitrogens with one attached hydrogen (secondary N) is 1. The molecule has 4 nitrogen and oxygen atoms in total. The Morgan fingerprint density at radius 1 is 1.22 bits per heavy atom. The normalized spacial score (nSPS) is 14.6. The molecule has 0 saturated heterocycles. The Bertz CT molecular complexity index is 393. The van der Waals surface area contributed by atoms with Gasteiger partial charge in [0.1, 0.15) is 6.61 Å². The Balaban J connectivity index is 2.18. The van der Waals surface area contributed by atoms with E-state index in [1.54, 1.807) is 0 Å². The molecule has 0 spiro atoms. The lowest BCUT2D eigenvalue weighted by atomic mass is 10.0. The van der Waals surface area contributed by atoms with Gasteiger partial charge in [-0.05, 0) is 12.8 Å². The summed E-state index contributed by atoms with van der Waals surface area (Å²) in [4.78, 5) is 9.32. The van der Waals surface area contributed by atoms with Gasteiger partial charge in [0.2, 0.25) is 0 Å². The van der Waals surface area contributed by atoms with E-state index in [-0.39, 0.29) is 0 Å². The molecule has 1 N–H and O–H groups in total. The molecular formula is C14H23N3O. The van der Waals surface area contributed by atoms with Gasteiger partial charge in [-0.3, -0.25) is 0 Å².